The van der Waals surface area contributed by atoms with Crippen molar-refractivity contribution in [2.45, 2.75) is 46.2 Å². The lowest BCUT2D eigenvalue weighted by molar-refractivity contribution is -0.137. The number of esters is 1. The molecule has 2 heterocycles. The molecule has 2 aromatic heterocycles. The van der Waals surface area contributed by atoms with E-state index in [1.807, 2.05) is 56.2 Å². The third kappa shape index (κ3) is 8.99. The summed E-state index contributed by atoms with van der Waals surface area (Å²) in [7, 11) is 1.86. The van der Waals surface area contributed by atoms with Gasteiger partial charge in [-0.05, 0) is 74.2 Å². The summed E-state index contributed by atoms with van der Waals surface area (Å²) in [5, 5.41) is 12.1. The van der Waals surface area contributed by atoms with Gasteiger partial charge < -0.3 is 10.1 Å². The fourth-order valence-corrected chi connectivity index (χ4v) is 4.61. The topological polar surface area (TPSA) is 149 Å². The molecule has 0 unspecified atom stereocenters. The summed E-state index contributed by atoms with van der Waals surface area (Å²) in [6.07, 6.45) is 7.89. The first-order valence-electron chi connectivity index (χ1n) is 14.7. The minimum absolute atomic E-state index is 0.0165. The van der Waals surface area contributed by atoms with Crippen molar-refractivity contribution in [2.24, 2.45) is 7.05 Å². The smallest absolute Gasteiger partial charge is 0.330 e. The van der Waals surface area contributed by atoms with E-state index in [2.05, 4.69) is 32.4 Å². The molecule has 12 nitrogen and oxygen atoms in total. The number of aryl methyl sites for hydroxylation is 3. The fraction of sp³-hybridized carbons (Fsp3) is 0.273. The van der Waals surface area contributed by atoms with E-state index in [1.165, 1.54) is 0 Å². The lowest BCUT2D eigenvalue weighted by Gasteiger charge is -2.18. The molecule has 12 heteroatoms. The molecule has 0 aliphatic heterocycles. The van der Waals surface area contributed by atoms with E-state index in [9.17, 15) is 19.2 Å². The molecular formula is C33H37N7O5. The second-order valence-corrected chi connectivity index (χ2v) is 10.3. The van der Waals surface area contributed by atoms with E-state index < -0.39 is 17.8 Å². The maximum atomic E-state index is 13.5. The number of rotatable bonds is 12. The molecule has 3 amide bonds. The van der Waals surface area contributed by atoms with Gasteiger partial charge >= 0.3 is 5.97 Å². The van der Waals surface area contributed by atoms with Crippen LogP contribution in [0.1, 0.15) is 54.7 Å². The van der Waals surface area contributed by atoms with E-state index >= 15 is 0 Å². The number of amides is 3. The average Bonchev–Trinajstić information content (AvgIpc) is 3.71. The van der Waals surface area contributed by atoms with Gasteiger partial charge in [-0.2, -0.15) is 10.2 Å². The Hall–Kier alpha value is -5.52. The molecule has 0 spiro atoms. The third-order valence-electron chi connectivity index (χ3n) is 6.97. The molecular weight excluding hydrogens is 574 g/mol. The van der Waals surface area contributed by atoms with Crippen molar-refractivity contribution in [3.8, 4) is 22.4 Å². The Kier molecular flexibility index (Phi) is 11.0. The van der Waals surface area contributed by atoms with E-state index in [1.54, 1.807) is 42.1 Å². The molecule has 0 saturated carbocycles. The number of hydrogen-bond acceptors (Lipinski definition) is 7. The molecule has 0 saturated heterocycles. The van der Waals surface area contributed by atoms with Crippen LogP contribution < -0.4 is 16.2 Å². The molecule has 234 valence electrons. The predicted molar refractivity (Wildman–Crippen MR) is 168 cm³/mol. The van der Waals surface area contributed by atoms with Crippen molar-refractivity contribution in [3.63, 3.8) is 0 Å². The molecule has 0 fully saturated rings. The minimum Gasteiger partial charge on any atom is -0.463 e. The summed E-state index contributed by atoms with van der Waals surface area (Å²) < 4.78 is 8.31. The van der Waals surface area contributed by atoms with Crippen LogP contribution in [-0.4, -0.2) is 49.9 Å². The van der Waals surface area contributed by atoms with Crippen molar-refractivity contribution in [3.05, 3.63) is 96.0 Å². The SMILES string of the molecule is CCOC(=O)/C=C/C(=O)NNC(=O)CCc1ccccc1C(=O)N[C@H](C)c1cc(-c2cnn(C)c2)cc(-c2ccn(CC)n2)c1. The Bertz CT molecular complexity index is 1700. The van der Waals surface area contributed by atoms with Gasteiger partial charge in [0, 0.05) is 61.2 Å². The first-order chi connectivity index (χ1) is 21.7. The lowest BCUT2D eigenvalue weighted by atomic mass is 9.96. The highest BCUT2D eigenvalue weighted by Gasteiger charge is 2.18. The number of hydrazine groups is 1. The summed E-state index contributed by atoms with van der Waals surface area (Å²) in [5.74, 6) is -2.07. The number of benzene rings is 2. The van der Waals surface area contributed by atoms with Crippen LogP contribution in [0.4, 0.5) is 0 Å². The quantitative estimate of drug-likeness (QED) is 0.126. The summed E-state index contributed by atoms with van der Waals surface area (Å²) in [6, 6.07) is 14.8. The summed E-state index contributed by atoms with van der Waals surface area (Å²) in [4.78, 5) is 49.0. The highest BCUT2D eigenvalue weighted by atomic mass is 16.5. The standard InChI is InChI=1S/C33H37N7O5/c1-5-40-16-15-29(38-40)26-18-24(17-25(19-26)27-20-34-39(4)21-27)22(3)35-33(44)28-10-8-7-9-23(28)11-12-30(41)36-37-31(42)13-14-32(43)45-6-2/h7-10,13-22H,5-6,11-12H2,1-4H3,(H,35,44)(H,36,41)(H,37,42)/b14-13+/t22-/m1/s1. The molecule has 0 aliphatic carbocycles. The Morgan fingerprint density at radius 3 is 2.47 bits per heavy atom. The van der Waals surface area contributed by atoms with Crippen LogP contribution in [0.3, 0.4) is 0 Å². The molecule has 4 rings (SSSR count). The van der Waals surface area contributed by atoms with Crippen LogP contribution in [0.25, 0.3) is 22.4 Å². The fourth-order valence-electron chi connectivity index (χ4n) is 4.61. The largest absolute Gasteiger partial charge is 0.463 e. The van der Waals surface area contributed by atoms with Gasteiger partial charge in [0.05, 0.1) is 24.5 Å². The van der Waals surface area contributed by atoms with Gasteiger partial charge in [-0.25, -0.2) is 4.79 Å². The Labute approximate surface area is 261 Å². The van der Waals surface area contributed by atoms with Gasteiger partial charge in [-0.1, -0.05) is 18.2 Å². The molecule has 0 aliphatic rings. The van der Waals surface area contributed by atoms with E-state index in [0.29, 0.717) is 11.1 Å². The van der Waals surface area contributed by atoms with Crippen LogP contribution in [-0.2, 0) is 39.1 Å². The first-order valence-corrected chi connectivity index (χ1v) is 14.7. The summed E-state index contributed by atoms with van der Waals surface area (Å²) in [6.45, 7) is 6.54. The lowest BCUT2D eigenvalue weighted by Crippen LogP contribution is -2.41. The van der Waals surface area contributed by atoms with E-state index in [4.69, 9.17) is 4.74 Å². The zero-order valence-electron chi connectivity index (χ0n) is 25.7. The number of hydrogen-bond donors (Lipinski definition) is 3. The minimum atomic E-state index is -0.681. The molecule has 3 N–H and O–H groups in total. The summed E-state index contributed by atoms with van der Waals surface area (Å²) in [5.41, 5.74) is 10.2. The van der Waals surface area contributed by atoms with Gasteiger partial charge in [0.1, 0.15) is 0 Å². The van der Waals surface area contributed by atoms with Crippen molar-refractivity contribution in [1.82, 2.24) is 35.7 Å². The van der Waals surface area contributed by atoms with Crippen LogP contribution in [0, 0.1) is 0 Å². The Morgan fingerprint density at radius 1 is 0.978 bits per heavy atom. The average molecular weight is 612 g/mol. The van der Waals surface area contributed by atoms with Crippen molar-refractivity contribution in [1.29, 1.82) is 0 Å². The molecule has 0 radical (unpaired) electrons. The van der Waals surface area contributed by atoms with Crippen LogP contribution in [0.15, 0.2) is 79.3 Å². The Morgan fingerprint density at radius 2 is 1.76 bits per heavy atom. The van der Waals surface area contributed by atoms with Crippen molar-refractivity contribution >= 4 is 23.7 Å². The maximum Gasteiger partial charge on any atom is 0.330 e. The zero-order chi connectivity index (χ0) is 32.3. The van der Waals surface area contributed by atoms with E-state index in [-0.39, 0.29) is 31.4 Å². The third-order valence-corrected chi connectivity index (χ3v) is 6.97. The maximum absolute atomic E-state index is 13.5. The number of nitrogens with one attached hydrogen (secondary N) is 3. The van der Waals surface area contributed by atoms with Crippen LogP contribution in [0.5, 0.6) is 0 Å². The summed E-state index contributed by atoms with van der Waals surface area (Å²) >= 11 is 0. The van der Waals surface area contributed by atoms with E-state index in [0.717, 1.165) is 46.6 Å². The van der Waals surface area contributed by atoms with Gasteiger partial charge in [-0.15, -0.1) is 0 Å². The van der Waals surface area contributed by atoms with Gasteiger partial charge in [0.25, 0.3) is 11.8 Å². The highest BCUT2D eigenvalue weighted by molar-refractivity contribution is 5.96. The number of carbonyl (C=O) groups excluding carboxylic acids is 4. The van der Waals surface area contributed by atoms with Gasteiger partial charge in [0.2, 0.25) is 5.91 Å². The van der Waals surface area contributed by atoms with Gasteiger partial charge in [-0.3, -0.25) is 34.6 Å². The number of carbonyl (C=O) groups is 4. The number of nitrogens with zero attached hydrogens (tertiary/aromatic N) is 4. The second-order valence-electron chi connectivity index (χ2n) is 10.3. The molecule has 4 aromatic rings. The molecule has 2 aromatic carbocycles. The Balaban J connectivity index is 1.44. The number of aromatic nitrogens is 4. The monoisotopic (exact) mass is 611 g/mol. The zero-order valence-corrected chi connectivity index (χ0v) is 25.7. The highest BCUT2D eigenvalue weighted by Crippen LogP contribution is 2.30. The first kappa shape index (κ1) is 32.4. The van der Waals surface area contributed by atoms with Crippen molar-refractivity contribution in [2.75, 3.05) is 6.61 Å². The van der Waals surface area contributed by atoms with Gasteiger partial charge in [0.15, 0.2) is 0 Å². The second kappa shape index (κ2) is 15.3. The molecule has 0 bridgehead atoms. The predicted octanol–water partition coefficient (Wildman–Crippen LogP) is 3.66. The molecule has 1 atom stereocenters. The van der Waals surface area contributed by atoms with Crippen LogP contribution in [0.2, 0.25) is 0 Å². The number of ether oxygens (including phenoxy) is 1. The normalized spacial score (nSPS) is 11.6. The van der Waals surface area contributed by atoms with Crippen molar-refractivity contribution < 1.29 is 23.9 Å². The van der Waals surface area contributed by atoms with Crippen LogP contribution >= 0.6 is 0 Å². The molecule has 45 heavy (non-hydrogen) atoms.